The first-order valence-corrected chi connectivity index (χ1v) is 10.5. The standard InChI is InChI=1S/C23H21ClN4O6/c1-14-17(6-5-8-19(14)28(31)32)20-11-10-16(34-20)12-25-27-23(30)15(2)26-22(29)13-33-21-9-4-3-7-18(21)24/h3-12,15H,13H2,1-2H3,(H,26,29)(H,27,30)/b25-12-/t15-/m1/s1. The number of nitro groups is 1. The van der Waals surface area contributed by atoms with Crippen LogP contribution in [0.1, 0.15) is 18.2 Å². The number of nitrogens with one attached hydrogen (secondary N) is 2. The van der Waals surface area contributed by atoms with Gasteiger partial charge in [0, 0.05) is 17.2 Å². The minimum absolute atomic E-state index is 0.00955. The maximum absolute atomic E-state index is 12.2. The normalized spacial score (nSPS) is 11.7. The highest BCUT2D eigenvalue weighted by Gasteiger charge is 2.17. The van der Waals surface area contributed by atoms with Crippen LogP contribution in [0.3, 0.4) is 0 Å². The van der Waals surface area contributed by atoms with E-state index in [1.807, 2.05) is 0 Å². The summed E-state index contributed by atoms with van der Waals surface area (Å²) in [6.07, 6.45) is 1.28. The minimum Gasteiger partial charge on any atom is -0.482 e. The van der Waals surface area contributed by atoms with Gasteiger partial charge in [-0.1, -0.05) is 35.9 Å². The predicted molar refractivity (Wildman–Crippen MR) is 126 cm³/mol. The maximum atomic E-state index is 12.2. The average Bonchev–Trinajstić information content (AvgIpc) is 3.27. The molecule has 0 aliphatic carbocycles. The molecule has 34 heavy (non-hydrogen) atoms. The SMILES string of the molecule is Cc1c(-c2ccc(/C=N\NC(=O)[C@@H](C)NC(=O)COc3ccccc3Cl)o2)cccc1[N+](=O)[O-]. The first-order chi connectivity index (χ1) is 16.3. The smallest absolute Gasteiger partial charge is 0.273 e. The summed E-state index contributed by atoms with van der Waals surface area (Å²) in [5.74, 6) is 0.0523. The van der Waals surface area contributed by atoms with Crippen molar-refractivity contribution >= 4 is 35.3 Å². The summed E-state index contributed by atoms with van der Waals surface area (Å²) in [5.41, 5.74) is 3.35. The Labute approximate surface area is 199 Å². The molecule has 10 nitrogen and oxygen atoms in total. The zero-order valence-corrected chi connectivity index (χ0v) is 19.0. The van der Waals surface area contributed by atoms with E-state index in [9.17, 15) is 19.7 Å². The number of furan rings is 1. The van der Waals surface area contributed by atoms with Crippen LogP contribution < -0.4 is 15.5 Å². The summed E-state index contributed by atoms with van der Waals surface area (Å²) in [7, 11) is 0. The van der Waals surface area contributed by atoms with Gasteiger partial charge in [0.15, 0.2) is 6.61 Å². The number of amides is 2. The number of halogens is 1. The van der Waals surface area contributed by atoms with Crippen molar-refractivity contribution in [3.63, 3.8) is 0 Å². The number of carbonyl (C=O) groups excluding carboxylic acids is 2. The van der Waals surface area contributed by atoms with Gasteiger partial charge in [-0.25, -0.2) is 5.43 Å². The molecule has 0 unspecified atom stereocenters. The lowest BCUT2D eigenvalue weighted by Gasteiger charge is -2.13. The zero-order valence-electron chi connectivity index (χ0n) is 18.3. The van der Waals surface area contributed by atoms with Crippen molar-refractivity contribution in [1.29, 1.82) is 0 Å². The molecular weight excluding hydrogens is 464 g/mol. The van der Waals surface area contributed by atoms with Gasteiger partial charge in [-0.2, -0.15) is 5.10 Å². The third-order valence-corrected chi connectivity index (χ3v) is 5.04. The van der Waals surface area contributed by atoms with Crippen molar-refractivity contribution in [3.8, 4) is 17.1 Å². The van der Waals surface area contributed by atoms with Crippen LogP contribution in [0.4, 0.5) is 5.69 Å². The Morgan fingerprint density at radius 2 is 1.97 bits per heavy atom. The predicted octanol–water partition coefficient (Wildman–Crippen LogP) is 3.85. The summed E-state index contributed by atoms with van der Waals surface area (Å²) in [4.78, 5) is 34.9. The lowest BCUT2D eigenvalue weighted by molar-refractivity contribution is -0.385. The summed E-state index contributed by atoms with van der Waals surface area (Å²) in [6, 6.07) is 13.8. The van der Waals surface area contributed by atoms with Crippen molar-refractivity contribution in [2.45, 2.75) is 19.9 Å². The molecule has 0 spiro atoms. The van der Waals surface area contributed by atoms with Gasteiger partial charge in [-0.15, -0.1) is 0 Å². The largest absolute Gasteiger partial charge is 0.482 e. The Bertz CT molecular complexity index is 1240. The molecule has 3 rings (SSSR count). The van der Waals surface area contributed by atoms with Crippen molar-refractivity contribution in [2.75, 3.05) is 6.61 Å². The Morgan fingerprint density at radius 1 is 1.21 bits per heavy atom. The van der Waals surface area contributed by atoms with E-state index >= 15 is 0 Å². The molecule has 11 heteroatoms. The number of carbonyl (C=O) groups is 2. The molecule has 0 aliphatic rings. The van der Waals surface area contributed by atoms with Crippen LogP contribution in [0.15, 0.2) is 64.1 Å². The van der Waals surface area contributed by atoms with Crippen LogP contribution in [0.25, 0.3) is 11.3 Å². The van der Waals surface area contributed by atoms with Crippen LogP contribution >= 0.6 is 11.6 Å². The molecular formula is C23H21ClN4O6. The van der Waals surface area contributed by atoms with Gasteiger partial charge in [0.1, 0.15) is 23.3 Å². The third kappa shape index (κ3) is 6.20. The van der Waals surface area contributed by atoms with Gasteiger partial charge in [0.25, 0.3) is 17.5 Å². The number of hydrazone groups is 1. The number of hydrogen-bond acceptors (Lipinski definition) is 7. The number of nitro benzene ring substituents is 1. The van der Waals surface area contributed by atoms with Gasteiger partial charge in [-0.05, 0) is 38.1 Å². The second-order valence-electron chi connectivity index (χ2n) is 7.15. The summed E-state index contributed by atoms with van der Waals surface area (Å²) >= 11 is 5.96. The third-order valence-electron chi connectivity index (χ3n) is 4.73. The van der Waals surface area contributed by atoms with Crippen LogP contribution in [-0.2, 0) is 9.59 Å². The Hall–Kier alpha value is -4.18. The summed E-state index contributed by atoms with van der Waals surface area (Å²) < 4.78 is 11.0. The molecule has 0 fully saturated rings. The van der Waals surface area contributed by atoms with Crippen molar-refractivity contribution in [2.24, 2.45) is 5.10 Å². The van der Waals surface area contributed by atoms with E-state index in [0.717, 1.165) is 0 Å². The molecule has 1 atom stereocenters. The molecule has 3 aromatic rings. The van der Waals surface area contributed by atoms with Gasteiger partial charge in [0.2, 0.25) is 0 Å². The topological polar surface area (TPSA) is 136 Å². The highest BCUT2D eigenvalue weighted by molar-refractivity contribution is 6.32. The zero-order chi connectivity index (χ0) is 24.7. The molecule has 0 aliphatic heterocycles. The second-order valence-corrected chi connectivity index (χ2v) is 7.56. The maximum Gasteiger partial charge on any atom is 0.273 e. The first-order valence-electron chi connectivity index (χ1n) is 10.1. The van der Waals surface area contributed by atoms with Crippen molar-refractivity contribution < 1.29 is 23.7 Å². The van der Waals surface area contributed by atoms with Crippen LogP contribution in [-0.4, -0.2) is 35.6 Å². The van der Waals surface area contributed by atoms with Crippen molar-refractivity contribution in [1.82, 2.24) is 10.7 Å². The van der Waals surface area contributed by atoms with Crippen LogP contribution in [0.2, 0.25) is 5.02 Å². The Kier molecular flexibility index (Phi) is 7.99. The molecule has 176 valence electrons. The van der Waals surface area contributed by atoms with Crippen LogP contribution in [0.5, 0.6) is 5.75 Å². The van der Waals surface area contributed by atoms with E-state index in [4.69, 9.17) is 20.8 Å². The Morgan fingerprint density at radius 3 is 2.71 bits per heavy atom. The fraction of sp³-hybridized carbons (Fsp3) is 0.174. The number of hydrogen-bond donors (Lipinski definition) is 2. The molecule has 1 heterocycles. The molecule has 2 N–H and O–H groups in total. The van der Waals surface area contributed by atoms with Crippen molar-refractivity contribution in [3.05, 3.63) is 81.1 Å². The molecule has 1 aromatic heterocycles. The number of para-hydroxylation sites is 1. The van der Waals surface area contributed by atoms with E-state index in [1.54, 1.807) is 55.5 Å². The van der Waals surface area contributed by atoms with E-state index in [0.29, 0.717) is 33.4 Å². The number of ether oxygens (including phenoxy) is 1. The van der Waals surface area contributed by atoms with Gasteiger partial charge < -0.3 is 14.5 Å². The summed E-state index contributed by atoms with van der Waals surface area (Å²) in [5, 5.41) is 17.8. The fourth-order valence-corrected chi connectivity index (χ4v) is 3.16. The number of rotatable bonds is 9. The van der Waals surface area contributed by atoms with E-state index in [1.165, 1.54) is 19.2 Å². The highest BCUT2D eigenvalue weighted by Crippen LogP contribution is 2.30. The van der Waals surface area contributed by atoms with Gasteiger partial charge in [0.05, 0.1) is 16.2 Å². The molecule has 0 bridgehead atoms. The summed E-state index contributed by atoms with van der Waals surface area (Å²) in [6.45, 7) is 2.82. The fourth-order valence-electron chi connectivity index (χ4n) is 2.97. The van der Waals surface area contributed by atoms with E-state index in [2.05, 4.69) is 15.8 Å². The molecule has 0 saturated carbocycles. The second kappa shape index (κ2) is 11.1. The first kappa shape index (κ1) is 24.5. The van der Waals surface area contributed by atoms with E-state index < -0.39 is 22.8 Å². The quantitative estimate of drug-likeness (QED) is 0.269. The van der Waals surface area contributed by atoms with Crippen LogP contribution in [0, 0.1) is 17.0 Å². The molecule has 2 aromatic carbocycles. The monoisotopic (exact) mass is 484 g/mol. The highest BCUT2D eigenvalue weighted by atomic mass is 35.5. The van der Waals surface area contributed by atoms with E-state index in [-0.39, 0.29) is 12.3 Å². The number of nitrogens with zero attached hydrogens (tertiary/aromatic N) is 2. The minimum atomic E-state index is -0.876. The average molecular weight is 485 g/mol. The molecule has 2 amide bonds. The Balaban J connectivity index is 1.52. The molecule has 0 saturated heterocycles. The van der Waals surface area contributed by atoms with Gasteiger partial charge >= 0.3 is 0 Å². The lowest BCUT2D eigenvalue weighted by Crippen LogP contribution is -2.45. The molecule has 0 radical (unpaired) electrons. The lowest BCUT2D eigenvalue weighted by atomic mass is 10.1. The number of benzene rings is 2. The van der Waals surface area contributed by atoms with Gasteiger partial charge in [-0.3, -0.25) is 19.7 Å².